The average molecular weight is 262 g/mol. The summed E-state index contributed by atoms with van der Waals surface area (Å²) >= 11 is 1.59. The third kappa shape index (κ3) is 3.27. The van der Waals surface area contributed by atoms with Gasteiger partial charge in [0.15, 0.2) is 0 Å². The van der Waals surface area contributed by atoms with Crippen LogP contribution < -0.4 is 11.0 Å². The number of nitrogens with one attached hydrogen (secondary N) is 2. The summed E-state index contributed by atoms with van der Waals surface area (Å²) in [4.78, 5) is 19.3. The monoisotopic (exact) mass is 262 g/mol. The minimum absolute atomic E-state index is 0.178. The van der Waals surface area contributed by atoms with Gasteiger partial charge >= 0.3 is 0 Å². The van der Waals surface area contributed by atoms with Crippen molar-refractivity contribution >= 4 is 23.5 Å². The van der Waals surface area contributed by atoms with Crippen molar-refractivity contribution in [1.29, 1.82) is 0 Å². The molecule has 0 aromatic carbocycles. The summed E-state index contributed by atoms with van der Waals surface area (Å²) in [5.74, 6) is 0.563. The highest BCUT2D eigenvalue weighted by atomic mass is 32.1. The van der Waals surface area contributed by atoms with E-state index in [-0.39, 0.29) is 11.5 Å². The van der Waals surface area contributed by atoms with Gasteiger partial charge in [-0.2, -0.15) is 5.10 Å². The summed E-state index contributed by atoms with van der Waals surface area (Å²) in [6.07, 6.45) is 1.69. The Balaban J connectivity index is 2.12. The molecule has 2 aromatic heterocycles. The Hall–Kier alpha value is -1.95. The van der Waals surface area contributed by atoms with E-state index in [1.54, 1.807) is 17.6 Å². The fraction of sp³-hybridized carbons (Fsp3) is 0.250. The van der Waals surface area contributed by atoms with Crippen molar-refractivity contribution in [2.75, 3.05) is 5.43 Å². The molecule has 0 saturated carbocycles. The summed E-state index contributed by atoms with van der Waals surface area (Å²) < 4.78 is 0. The van der Waals surface area contributed by atoms with Gasteiger partial charge in [0.25, 0.3) is 5.56 Å². The van der Waals surface area contributed by atoms with Crippen molar-refractivity contribution < 1.29 is 0 Å². The number of H-pyrrole nitrogens is 1. The molecule has 0 bridgehead atoms. The number of nitrogens with zero attached hydrogens (tertiary/aromatic N) is 2. The molecule has 0 aliphatic carbocycles. The molecule has 2 heterocycles. The minimum atomic E-state index is -0.178. The summed E-state index contributed by atoms with van der Waals surface area (Å²) in [7, 11) is 0. The largest absolute Gasteiger partial charge is 0.291 e. The fourth-order valence-electron chi connectivity index (χ4n) is 1.35. The Kier molecular flexibility index (Phi) is 3.88. The Morgan fingerprint density at radius 3 is 3.06 bits per heavy atom. The van der Waals surface area contributed by atoms with E-state index in [1.165, 1.54) is 6.07 Å². The van der Waals surface area contributed by atoms with Gasteiger partial charge in [-0.25, -0.2) is 10.4 Å². The molecule has 0 spiro atoms. The van der Waals surface area contributed by atoms with E-state index >= 15 is 0 Å². The summed E-state index contributed by atoms with van der Waals surface area (Å²) in [6.45, 7) is 3.97. The zero-order chi connectivity index (χ0) is 13.0. The van der Waals surface area contributed by atoms with Crippen LogP contribution in [0.1, 0.15) is 30.3 Å². The Bertz CT molecular complexity index is 586. The highest BCUT2D eigenvalue weighted by Crippen LogP contribution is 2.10. The minimum Gasteiger partial charge on any atom is -0.291 e. The van der Waals surface area contributed by atoms with Crippen LogP contribution in [-0.4, -0.2) is 16.2 Å². The molecule has 18 heavy (non-hydrogen) atoms. The predicted octanol–water partition coefficient (Wildman–Crippen LogP) is 2.40. The highest BCUT2D eigenvalue weighted by Gasteiger charge is 2.04. The van der Waals surface area contributed by atoms with E-state index in [4.69, 9.17) is 0 Å². The number of hydrogen-bond donors (Lipinski definition) is 2. The maximum Gasteiger partial charge on any atom is 0.252 e. The van der Waals surface area contributed by atoms with Crippen molar-refractivity contribution in [2.24, 2.45) is 5.10 Å². The van der Waals surface area contributed by atoms with Crippen LogP contribution in [0.5, 0.6) is 0 Å². The molecule has 94 valence electrons. The van der Waals surface area contributed by atoms with E-state index in [9.17, 15) is 4.79 Å². The maximum atomic E-state index is 11.4. The lowest BCUT2D eigenvalue weighted by atomic mass is 10.1. The first-order valence-electron chi connectivity index (χ1n) is 5.59. The molecule has 0 aliphatic heterocycles. The van der Waals surface area contributed by atoms with Gasteiger partial charge in [0, 0.05) is 10.9 Å². The second-order valence-electron chi connectivity index (χ2n) is 4.06. The molecular formula is C12H14N4OS. The molecule has 2 N–H and O–H groups in total. The Morgan fingerprint density at radius 2 is 2.39 bits per heavy atom. The van der Waals surface area contributed by atoms with Crippen molar-refractivity contribution in [2.45, 2.75) is 19.8 Å². The van der Waals surface area contributed by atoms with E-state index in [0.717, 1.165) is 10.6 Å². The maximum absolute atomic E-state index is 11.4. The second-order valence-corrected chi connectivity index (χ2v) is 5.04. The van der Waals surface area contributed by atoms with Crippen molar-refractivity contribution in [3.05, 3.63) is 44.5 Å². The first-order valence-corrected chi connectivity index (χ1v) is 6.47. The van der Waals surface area contributed by atoms with Crippen LogP contribution in [0.3, 0.4) is 0 Å². The number of rotatable bonds is 4. The van der Waals surface area contributed by atoms with Gasteiger partial charge in [-0.05, 0) is 17.4 Å². The molecule has 0 unspecified atom stereocenters. The molecule has 2 aromatic rings. The number of aromatic amines is 1. The first-order chi connectivity index (χ1) is 8.65. The van der Waals surface area contributed by atoms with Crippen LogP contribution in [0.15, 0.2) is 33.5 Å². The van der Waals surface area contributed by atoms with Gasteiger partial charge in [0.1, 0.15) is 0 Å². The van der Waals surface area contributed by atoms with Crippen LogP contribution in [0.25, 0.3) is 0 Å². The summed E-state index contributed by atoms with van der Waals surface area (Å²) in [5, 5.41) is 6.00. The fourth-order valence-corrected chi connectivity index (χ4v) is 1.93. The summed E-state index contributed by atoms with van der Waals surface area (Å²) in [6, 6.07) is 5.40. The molecule has 0 saturated heterocycles. The van der Waals surface area contributed by atoms with Crippen LogP contribution in [0.4, 0.5) is 5.95 Å². The normalized spacial score (nSPS) is 11.3. The molecule has 6 heteroatoms. The van der Waals surface area contributed by atoms with Gasteiger partial charge in [-0.3, -0.25) is 9.78 Å². The van der Waals surface area contributed by atoms with Gasteiger partial charge in [0.05, 0.1) is 11.9 Å². The molecule has 0 atom stereocenters. The molecule has 2 rings (SSSR count). The van der Waals surface area contributed by atoms with E-state index < -0.39 is 0 Å². The average Bonchev–Trinajstić information content (AvgIpc) is 2.81. The lowest BCUT2D eigenvalue weighted by molar-refractivity contribution is 0.810. The van der Waals surface area contributed by atoms with E-state index in [2.05, 4.69) is 20.5 Å². The van der Waals surface area contributed by atoms with Gasteiger partial charge in [-0.1, -0.05) is 19.9 Å². The van der Waals surface area contributed by atoms with Crippen LogP contribution in [0.2, 0.25) is 0 Å². The number of hydrazone groups is 1. The molecule has 0 radical (unpaired) electrons. The van der Waals surface area contributed by atoms with Gasteiger partial charge < -0.3 is 0 Å². The molecule has 0 aliphatic rings. The SMILES string of the molecule is CC(C)c1cc(=O)[nH]c(N/N=C\c2cccs2)n1. The lowest BCUT2D eigenvalue weighted by Gasteiger charge is -2.05. The van der Waals surface area contributed by atoms with Crippen LogP contribution in [0, 0.1) is 0 Å². The predicted molar refractivity (Wildman–Crippen MR) is 74.5 cm³/mol. The third-order valence-electron chi connectivity index (χ3n) is 2.26. The molecule has 5 nitrogen and oxygen atoms in total. The quantitative estimate of drug-likeness (QED) is 0.656. The van der Waals surface area contributed by atoms with Crippen molar-refractivity contribution in [3.8, 4) is 0 Å². The highest BCUT2D eigenvalue weighted by molar-refractivity contribution is 7.11. The van der Waals surface area contributed by atoms with Crippen LogP contribution >= 0.6 is 11.3 Å². The number of thiophene rings is 1. The zero-order valence-corrected chi connectivity index (χ0v) is 11.0. The molecular weight excluding hydrogens is 248 g/mol. The molecule has 0 amide bonds. The number of anilines is 1. The van der Waals surface area contributed by atoms with Gasteiger partial charge in [-0.15, -0.1) is 11.3 Å². The smallest absolute Gasteiger partial charge is 0.252 e. The lowest BCUT2D eigenvalue weighted by Crippen LogP contribution is -2.12. The number of hydrogen-bond acceptors (Lipinski definition) is 5. The Morgan fingerprint density at radius 1 is 1.56 bits per heavy atom. The zero-order valence-electron chi connectivity index (χ0n) is 10.2. The van der Waals surface area contributed by atoms with Crippen LogP contribution in [-0.2, 0) is 0 Å². The number of aromatic nitrogens is 2. The third-order valence-corrected chi connectivity index (χ3v) is 3.07. The standard InChI is InChI=1S/C12H14N4OS/c1-8(2)10-6-11(17)15-12(14-10)16-13-7-9-4-3-5-18-9/h3-8H,1-2H3,(H2,14,15,16,17)/b13-7-. The van der Waals surface area contributed by atoms with Crippen molar-refractivity contribution in [1.82, 2.24) is 9.97 Å². The first kappa shape index (κ1) is 12.5. The van der Waals surface area contributed by atoms with E-state index in [1.807, 2.05) is 31.4 Å². The van der Waals surface area contributed by atoms with E-state index in [0.29, 0.717) is 5.95 Å². The second kappa shape index (κ2) is 5.59. The topological polar surface area (TPSA) is 70.1 Å². The Labute approximate surface area is 109 Å². The molecule has 0 fully saturated rings. The van der Waals surface area contributed by atoms with Gasteiger partial charge in [0.2, 0.25) is 5.95 Å². The summed E-state index contributed by atoms with van der Waals surface area (Å²) in [5.41, 5.74) is 3.29. The van der Waals surface area contributed by atoms with Crippen molar-refractivity contribution in [3.63, 3.8) is 0 Å².